The second kappa shape index (κ2) is 5.72. The summed E-state index contributed by atoms with van der Waals surface area (Å²) in [6.45, 7) is 1.96. The van der Waals surface area contributed by atoms with Crippen molar-refractivity contribution in [2.75, 3.05) is 13.1 Å². The summed E-state index contributed by atoms with van der Waals surface area (Å²) in [4.78, 5) is 2.66. The molecule has 3 rings (SSSR count). The molecule has 2 fully saturated rings. The lowest BCUT2D eigenvalue weighted by Gasteiger charge is -2.42. The minimum atomic E-state index is 0.430. The SMILES string of the molecule is NCC1CCCN(C2CC2)C1c1cc(Cl)ccc1Br. The van der Waals surface area contributed by atoms with E-state index in [1.165, 1.54) is 37.8 Å². The number of piperidine rings is 1. The van der Waals surface area contributed by atoms with Gasteiger partial charge in [-0.05, 0) is 68.5 Å². The van der Waals surface area contributed by atoms with Gasteiger partial charge in [-0.25, -0.2) is 0 Å². The van der Waals surface area contributed by atoms with Gasteiger partial charge in [0.1, 0.15) is 0 Å². The summed E-state index contributed by atoms with van der Waals surface area (Å²) in [5.74, 6) is 0.545. The molecule has 19 heavy (non-hydrogen) atoms. The Morgan fingerprint density at radius 1 is 1.32 bits per heavy atom. The lowest BCUT2D eigenvalue weighted by atomic mass is 9.84. The first-order valence-corrected chi connectivity index (χ1v) is 8.28. The maximum absolute atomic E-state index is 6.20. The van der Waals surface area contributed by atoms with Gasteiger partial charge in [0.2, 0.25) is 0 Å². The number of halogens is 2. The lowest BCUT2D eigenvalue weighted by molar-refractivity contribution is 0.0875. The lowest BCUT2D eigenvalue weighted by Crippen LogP contribution is -2.42. The first-order valence-electron chi connectivity index (χ1n) is 7.11. The van der Waals surface area contributed by atoms with E-state index in [0.29, 0.717) is 12.0 Å². The fourth-order valence-electron chi connectivity index (χ4n) is 3.34. The number of rotatable bonds is 3. The van der Waals surface area contributed by atoms with E-state index in [-0.39, 0.29) is 0 Å². The van der Waals surface area contributed by atoms with Crippen LogP contribution in [-0.4, -0.2) is 24.0 Å². The van der Waals surface area contributed by atoms with Crippen molar-refractivity contribution >= 4 is 27.5 Å². The molecule has 2 N–H and O–H groups in total. The van der Waals surface area contributed by atoms with Gasteiger partial charge in [-0.1, -0.05) is 27.5 Å². The molecule has 104 valence electrons. The van der Waals surface area contributed by atoms with Crippen molar-refractivity contribution in [2.24, 2.45) is 11.7 Å². The number of likely N-dealkylation sites (tertiary alicyclic amines) is 1. The smallest absolute Gasteiger partial charge is 0.0410 e. The van der Waals surface area contributed by atoms with E-state index >= 15 is 0 Å². The molecule has 0 bridgehead atoms. The Morgan fingerprint density at radius 3 is 2.79 bits per heavy atom. The Bertz CT molecular complexity index is 461. The number of hydrogen-bond acceptors (Lipinski definition) is 2. The van der Waals surface area contributed by atoms with Crippen LogP contribution in [0.5, 0.6) is 0 Å². The first-order chi connectivity index (χ1) is 9.20. The topological polar surface area (TPSA) is 29.3 Å². The van der Waals surface area contributed by atoms with Crippen LogP contribution >= 0.6 is 27.5 Å². The van der Waals surface area contributed by atoms with Crippen molar-refractivity contribution in [1.82, 2.24) is 4.90 Å². The molecular weight excluding hydrogens is 324 g/mol. The zero-order chi connectivity index (χ0) is 13.4. The van der Waals surface area contributed by atoms with Gasteiger partial charge in [0.25, 0.3) is 0 Å². The summed E-state index contributed by atoms with van der Waals surface area (Å²) in [5.41, 5.74) is 7.34. The minimum Gasteiger partial charge on any atom is -0.330 e. The highest BCUT2D eigenvalue weighted by Crippen LogP contribution is 2.44. The quantitative estimate of drug-likeness (QED) is 0.899. The molecule has 1 saturated carbocycles. The highest BCUT2D eigenvalue weighted by atomic mass is 79.9. The normalized spacial score (nSPS) is 28.6. The molecule has 0 spiro atoms. The van der Waals surface area contributed by atoms with E-state index < -0.39 is 0 Å². The molecule has 1 aliphatic carbocycles. The summed E-state index contributed by atoms with van der Waals surface area (Å²) in [7, 11) is 0. The van der Waals surface area contributed by atoms with Crippen molar-refractivity contribution in [1.29, 1.82) is 0 Å². The van der Waals surface area contributed by atoms with Crippen molar-refractivity contribution < 1.29 is 0 Å². The summed E-state index contributed by atoms with van der Waals surface area (Å²) >= 11 is 9.89. The van der Waals surface area contributed by atoms with Crippen molar-refractivity contribution in [3.05, 3.63) is 33.3 Å². The van der Waals surface area contributed by atoms with Crippen LogP contribution in [0.2, 0.25) is 5.02 Å². The average Bonchev–Trinajstić information content (AvgIpc) is 3.25. The van der Waals surface area contributed by atoms with Crippen LogP contribution in [0.25, 0.3) is 0 Å². The highest BCUT2D eigenvalue weighted by Gasteiger charge is 2.40. The van der Waals surface area contributed by atoms with Crippen LogP contribution in [-0.2, 0) is 0 Å². The molecule has 2 unspecified atom stereocenters. The first kappa shape index (κ1) is 13.9. The largest absolute Gasteiger partial charge is 0.330 e. The molecule has 0 radical (unpaired) electrons. The van der Waals surface area contributed by atoms with Gasteiger partial charge >= 0.3 is 0 Å². The monoisotopic (exact) mass is 342 g/mol. The number of nitrogens with two attached hydrogens (primary N) is 1. The van der Waals surface area contributed by atoms with E-state index in [0.717, 1.165) is 22.1 Å². The third-order valence-electron chi connectivity index (χ3n) is 4.39. The van der Waals surface area contributed by atoms with Gasteiger partial charge in [-0.15, -0.1) is 0 Å². The maximum Gasteiger partial charge on any atom is 0.0410 e. The van der Waals surface area contributed by atoms with Crippen LogP contribution in [0.1, 0.15) is 37.3 Å². The molecule has 1 aromatic rings. The molecule has 4 heteroatoms. The molecule has 1 aromatic carbocycles. The van der Waals surface area contributed by atoms with Gasteiger partial charge in [0.05, 0.1) is 0 Å². The number of benzene rings is 1. The molecule has 0 aromatic heterocycles. The second-order valence-corrected chi connectivity index (χ2v) is 7.01. The van der Waals surface area contributed by atoms with E-state index in [9.17, 15) is 0 Å². The van der Waals surface area contributed by atoms with Gasteiger partial charge in [-0.3, -0.25) is 4.90 Å². The maximum atomic E-state index is 6.20. The average molecular weight is 344 g/mol. The number of hydrogen-bond donors (Lipinski definition) is 1. The van der Waals surface area contributed by atoms with Gasteiger partial charge in [0.15, 0.2) is 0 Å². The van der Waals surface area contributed by atoms with Crippen LogP contribution in [0.4, 0.5) is 0 Å². The Hall–Kier alpha value is -0.0900. The molecular formula is C15H20BrClN2. The third kappa shape index (κ3) is 2.85. The molecule has 2 aliphatic rings. The van der Waals surface area contributed by atoms with Gasteiger partial charge < -0.3 is 5.73 Å². The molecule has 1 heterocycles. The van der Waals surface area contributed by atoms with Crippen LogP contribution in [0.15, 0.2) is 22.7 Å². The molecule has 2 nitrogen and oxygen atoms in total. The van der Waals surface area contributed by atoms with Gasteiger partial charge in [-0.2, -0.15) is 0 Å². The number of nitrogens with zero attached hydrogens (tertiary/aromatic N) is 1. The highest BCUT2D eigenvalue weighted by molar-refractivity contribution is 9.10. The predicted molar refractivity (Wildman–Crippen MR) is 83.4 cm³/mol. The van der Waals surface area contributed by atoms with Crippen molar-refractivity contribution in [3.8, 4) is 0 Å². The Morgan fingerprint density at radius 2 is 2.11 bits per heavy atom. The Labute approximate surface area is 128 Å². The molecule has 2 atom stereocenters. The molecule has 1 aliphatic heterocycles. The van der Waals surface area contributed by atoms with E-state index in [1.54, 1.807) is 0 Å². The minimum absolute atomic E-state index is 0.430. The van der Waals surface area contributed by atoms with Crippen LogP contribution < -0.4 is 5.73 Å². The van der Waals surface area contributed by atoms with Gasteiger partial charge in [0, 0.05) is 21.6 Å². The zero-order valence-corrected chi connectivity index (χ0v) is 13.3. The van der Waals surface area contributed by atoms with Crippen molar-refractivity contribution in [2.45, 2.75) is 37.8 Å². The summed E-state index contributed by atoms with van der Waals surface area (Å²) < 4.78 is 1.16. The third-order valence-corrected chi connectivity index (χ3v) is 5.35. The molecule has 0 amide bonds. The zero-order valence-electron chi connectivity index (χ0n) is 11.0. The molecule has 1 saturated heterocycles. The summed E-state index contributed by atoms with van der Waals surface area (Å²) in [5, 5.41) is 0.815. The van der Waals surface area contributed by atoms with Crippen LogP contribution in [0, 0.1) is 5.92 Å². The van der Waals surface area contributed by atoms with Crippen molar-refractivity contribution in [3.63, 3.8) is 0 Å². The Kier molecular flexibility index (Phi) is 4.18. The second-order valence-electron chi connectivity index (χ2n) is 5.72. The standard InChI is InChI=1S/C15H20BrClN2/c16-14-6-3-11(17)8-13(14)15-10(9-18)2-1-7-19(15)12-4-5-12/h3,6,8,10,12,15H,1-2,4-5,7,9,18H2. The van der Waals surface area contributed by atoms with E-state index in [1.807, 2.05) is 6.07 Å². The summed E-state index contributed by atoms with van der Waals surface area (Å²) in [6.07, 6.45) is 5.17. The van der Waals surface area contributed by atoms with Crippen LogP contribution in [0.3, 0.4) is 0 Å². The summed E-state index contributed by atoms with van der Waals surface area (Å²) in [6, 6.07) is 7.31. The fourth-order valence-corrected chi connectivity index (χ4v) is 4.00. The Balaban J connectivity index is 1.97. The van der Waals surface area contributed by atoms with E-state index in [2.05, 4.69) is 33.0 Å². The predicted octanol–water partition coefficient (Wildman–Crippen LogP) is 3.98. The van der Waals surface area contributed by atoms with E-state index in [4.69, 9.17) is 17.3 Å². The fraction of sp³-hybridized carbons (Fsp3) is 0.600.